The maximum absolute atomic E-state index is 12.0. The Bertz CT molecular complexity index is 448. The van der Waals surface area contributed by atoms with Crippen LogP contribution in [0.5, 0.6) is 0 Å². The van der Waals surface area contributed by atoms with E-state index in [0.717, 1.165) is 12.6 Å². The molecule has 0 bridgehead atoms. The van der Waals surface area contributed by atoms with Crippen LogP contribution in [-0.2, 0) is 0 Å². The minimum absolute atomic E-state index is 0.0938. The average molecular weight is 236 g/mol. The predicted octanol–water partition coefficient (Wildman–Crippen LogP) is -0.421. The van der Waals surface area contributed by atoms with E-state index in [4.69, 9.17) is 5.73 Å². The van der Waals surface area contributed by atoms with E-state index in [1.807, 2.05) is 6.92 Å². The maximum Gasteiger partial charge on any atom is 0.273 e. The number of hydrogen-bond acceptors (Lipinski definition) is 4. The predicted molar refractivity (Wildman–Crippen MR) is 62.5 cm³/mol. The van der Waals surface area contributed by atoms with Gasteiger partial charge in [0.1, 0.15) is 5.69 Å². The molecule has 0 spiro atoms. The van der Waals surface area contributed by atoms with Gasteiger partial charge in [-0.15, -0.1) is 0 Å². The van der Waals surface area contributed by atoms with Gasteiger partial charge in [-0.1, -0.05) is 0 Å². The molecule has 6 nitrogen and oxygen atoms in total. The molecular formula is C11H16N4O2. The first-order chi connectivity index (χ1) is 8.08. The van der Waals surface area contributed by atoms with Crippen LogP contribution in [0.3, 0.4) is 0 Å². The molecule has 2 heterocycles. The van der Waals surface area contributed by atoms with Gasteiger partial charge in [-0.05, 0) is 19.3 Å². The van der Waals surface area contributed by atoms with E-state index < -0.39 is 0 Å². The minimum Gasteiger partial charge on any atom is -0.337 e. The lowest BCUT2D eigenvalue weighted by molar-refractivity contribution is 0.0779. The van der Waals surface area contributed by atoms with Crippen molar-refractivity contribution < 1.29 is 4.79 Å². The van der Waals surface area contributed by atoms with E-state index in [-0.39, 0.29) is 23.2 Å². The van der Waals surface area contributed by atoms with Crippen LogP contribution in [0, 0.1) is 5.92 Å². The number of aromatic amines is 1. The van der Waals surface area contributed by atoms with Crippen LogP contribution < -0.4 is 11.3 Å². The topological polar surface area (TPSA) is 92.1 Å². The van der Waals surface area contributed by atoms with E-state index >= 15 is 0 Å². The number of nitrogens with one attached hydrogen (secondary N) is 1. The maximum atomic E-state index is 12.0. The fourth-order valence-corrected chi connectivity index (χ4v) is 2.02. The number of H-pyrrole nitrogens is 1. The van der Waals surface area contributed by atoms with Gasteiger partial charge in [-0.3, -0.25) is 9.59 Å². The highest BCUT2D eigenvalue weighted by Crippen LogP contribution is 2.19. The number of rotatable bonds is 2. The normalized spacial score (nSPS) is 21.5. The summed E-state index contributed by atoms with van der Waals surface area (Å²) in [5.41, 5.74) is 5.78. The molecule has 92 valence electrons. The van der Waals surface area contributed by atoms with Gasteiger partial charge < -0.3 is 15.6 Å². The van der Waals surface area contributed by atoms with Gasteiger partial charge >= 0.3 is 0 Å². The number of aromatic nitrogens is 2. The summed E-state index contributed by atoms with van der Waals surface area (Å²) < 4.78 is 0. The third kappa shape index (κ3) is 2.52. The van der Waals surface area contributed by atoms with Crippen LogP contribution in [0.4, 0.5) is 0 Å². The lowest BCUT2D eigenvalue weighted by Gasteiger charge is -2.17. The Labute approximate surface area is 98.8 Å². The van der Waals surface area contributed by atoms with Crippen molar-refractivity contribution in [1.82, 2.24) is 14.9 Å². The van der Waals surface area contributed by atoms with E-state index in [2.05, 4.69) is 9.97 Å². The summed E-state index contributed by atoms with van der Waals surface area (Å²) in [7, 11) is 0. The number of hydrogen-bond donors (Lipinski definition) is 2. The van der Waals surface area contributed by atoms with Gasteiger partial charge in [-0.2, -0.15) is 0 Å². The molecule has 3 N–H and O–H groups in total. The minimum atomic E-state index is -0.309. The number of likely N-dealkylation sites (tertiary alicyclic amines) is 1. The highest BCUT2D eigenvalue weighted by molar-refractivity contribution is 5.92. The molecule has 0 aliphatic carbocycles. The van der Waals surface area contributed by atoms with Crippen molar-refractivity contribution in [2.75, 3.05) is 13.1 Å². The van der Waals surface area contributed by atoms with Crippen LogP contribution in [0.25, 0.3) is 0 Å². The molecule has 1 fully saturated rings. The van der Waals surface area contributed by atoms with Gasteiger partial charge in [0.2, 0.25) is 0 Å². The van der Waals surface area contributed by atoms with Gasteiger partial charge in [0, 0.05) is 25.3 Å². The summed E-state index contributed by atoms with van der Waals surface area (Å²) in [6, 6.07) is 0.0938. The zero-order valence-corrected chi connectivity index (χ0v) is 9.72. The van der Waals surface area contributed by atoms with Crippen LogP contribution in [0.2, 0.25) is 0 Å². The second-order valence-electron chi connectivity index (χ2n) is 4.46. The van der Waals surface area contributed by atoms with Crippen LogP contribution >= 0.6 is 0 Å². The Balaban J connectivity index is 2.07. The molecule has 0 aromatic carbocycles. The van der Waals surface area contributed by atoms with Crippen molar-refractivity contribution in [2.24, 2.45) is 11.7 Å². The van der Waals surface area contributed by atoms with E-state index in [1.165, 1.54) is 6.20 Å². The quantitative estimate of drug-likeness (QED) is 0.729. The molecule has 1 aromatic rings. The van der Waals surface area contributed by atoms with Crippen molar-refractivity contribution >= 4 is 5.91 Å². The number of nitrogens with two attached hydrogens (primary N) is 1. The zero-order chi connectivity index (χ0) is 12.4. The molecule has 1 aromatic heterocycles. The highest BCUT2D eigenvalue weighted by Gasteiger charge is 2.29. The third-order valence-corrected chi connectivity index (χ3v) is 3.15. The van der Waals surface area contributed by atoms with E-state index in [0.29, 0.717) is 19.0 Å². The molecule has 1 amide bonds. The Morgan fingerprint density at radius 1 is 1.71 bits per heavy atom. The Kier molecular flexibility index (Phi) is 3.23. The molecular weight excluding hydrogens is 220 g/mol. The third-order valence-electron chi connectivity index (χ3n) is 3.15. The lowest BCUT2D eigenvalue weighted by Crippen LogP contribution is -2.33. The van der Waals surface area contributed by atoms with Crippen LogP contribution in [0.15, 0.2) is 17.2 Å². The smallest absolute Gasteiger partial charge is 0.273 e. The molecule has 2 unspecified atom stereocenters. The summed E-state index contributed by atoms with van der Waals surface area (Å²) >= 11 is 0. The number of nitrogens with zero attached hydrogens (tertiary/aromatic N) is 2. The van der Waals surface area contributed by atoms with Gasteiger partial charge in [0.15, 0.2) is 0 Å². The molecule has 1 aliphatic rings. The Hall–Kier alpha value is -1.69. The molecule has 1 saturated heterocycles. The second kappa shape index (κ2) is 4.67. The van der Waals surface area contributed by atoms with Crippen molar-refractivity contribution in [3.05, 3.63) is 28.4 Å². The second-order valence-corrected chi connectivity index (χ2v) is 4.46. The largest absolute Gasteiger partial charge is 0.337 e. The van der Waals surface area contributed by atoms with Gasteiger partial charge in [0.05, 0.1) is 6.20 Å². The van der Waals surface area contributed by atoms with Crippen molar-refractivity contribution in [3.8, 4) is 0 Å². The molecule has 1 aliphatic heterocycles. The first-order valence-electron chi connectivity index (χ1n) is 5.67. The summed E-state index contributed by atoms with van der Waals surface area (Å²) in [5, 5.41) is 0. The number of carbonyl (C=O) groups is 1. The standard InChI is InChI=1S/C11H16N4O2/c1-7(12)8-2-3-15(6-8)11(17)9-4-14-10(16)5-13-9/h4-5,7-8H,2-3,6,12H2,1H3,(H,14,16). The van der Waals surface area contributed by atoms with E-state index in [1.54, 1.807) is 4.90 Å². The molecule has 6 heteroatoms. The van der Waals surface area contributed by atoms with Crippen molar-refractivity contribution in [2.45, 2.75) is 19.4 Å². The number of carbonyl (C=O) groups excluding carboxylic acids is 1. The molecule has 17 heavy (non-hydrogen) atoms. The summed E-state index contributed by atoms with van der Waals surface area (Å²) in [4.78, 5) is 30.9. The highest BCUT2D eigenvalue weighted by atomic mass is 16.2. The number of amides is 1. The Morgan fingerprint density at radius 3 is 3.00 bits per heavy atom. The molecule has 0 saturated carbocycles. The van der Waals surface area contributed by atoms with E-state index in [9.17, 15) is 9.59 Å². The molecule has 2 atom stereocenters. The van der Waals surface area contributed by atoms with Crippen molar-refractivity contribution in [3.63, 3.8) is 0 Å². The first-order valence-corrected chi connectivity index (χ1v) is 5.67. The van der Waals surface area contributed by atoms with Crippen LogP contribution in [0.1, 0.15) is 23.8 Å². The van der Waals surface area contributed by atoms with Gasteiger partial charge in [-0.25, -0.2) is 4.98 Å². The monoisotopic (exact) mass is 236 g/mol. The summed E-state index contributed by atoms with van der Waals surface area (Å²) in [6.45, 7) is 3.32. The lowest BCUT2D eigenvalue weighted by atomic mass is 10.0. The summed E-state index contributed by atoms with van der Waals surface area (Å²) in [6.07, 6.45) is 3.39. The van der Waals surface area contributed by atoms with Crippen LogP contribution in [-0.4, -0.2) is 39.9 Å². The molecule has 2 rings (SSSR count). The summed E-state index contributed by atoms with van der Waals surface area (Å²) in [5.74, 6) is 0.200. The fraction of sp³-hybridized carbons (Fsp3) is 0.545. The Morgan fingerprint density at radius 2 is 2.47 bits per heavy atom. The SMILES string of the molecule is CC(N)C1CCN(C(=O)c2c[nH]c(=O)cn2)C1. The zero-order valence-electron chi connectivity index (χ0n) is 9.72. The van der Waals surface area contributed by atoms with Crippen molar-refractivity contribution in [1.29, 1.82) is 0 Å². The fourth-order valence-electron chi connectivity index (χ4n) is 2.02. The molecule has 0 radical (unpaired) electrons. The first kappa shape index (κ1) is 11.8. The van der Waals surface area contributed by atoms with Gasteiger partial charge in [0.25, 0.3) is 11.5 Å². The average Bonchev–Trinajstić information content (AvgIpc) is 2.78.